The normalized spacial score (nSPS) is 10.2. The maximum atomic E-state index is 2.08. The highest BCUT2D eigenvalue weighted by molar-refractivity contribution is 5.43. The van der Waals surface area contributed by atoms with Crippen LogP contribution in [0.4, 0.5) is 5.69 Å². The second-order valence-corrected chi connectivity index (χ2v) is 2.71. The second kappa shape index (κ2) is 3.39. The Kier molecular flexibility index (Phi) is 2.49. The van der Waals surface area contributed by atoms with Crippen molar-refractivity contribution < 1.29 is 0 Å². The maximum absolute atomic E-state index is 2.08. The Bertz CT molecular complexity index is 206. The minimum atomic E-state index is 1.21. The Morgan fingerprint density at radius 1 is 0.909 bits per heavy atom. The highest BCUT2D eigenvalue weighted by atomic mass is 15.6. The summed E-state index contributed by atoms with van der Waals surface area (Å²) in [6, 6.07) is 10.3. The quantitative estimate of drug-likeness (QED) is 0.591. The van der Waals surface area contributed by atoms with Crippen molar-refractivity contribution in [3.05, 3.63) is 30.3 Å². The fourth-order valence-electron chi connectivity index (χ4n) is 0.875. The van der Waals surface area contributed by atoms with Gasteiger partial charge < -0.3 is 5.01 Å². The van der Waals surface area contributed by atoms with E-state index in [1.54, 1.807) is 0 Å². The van der Waals surface area contributed by atoms with Gasteiger partial charge in [0.2, 0.25) is 0 Å². The third-order valence-corrected chi connectivity index (χ3v) is 1.73. The van der Waals surface area contributed by atoms with Crippen molar-refractivity contribution in [3.63, 3.8) is 0 Å². The average molecular weight is 150 g/mol. The molecule has 0 unspecified atom stereocenters. The summed E-state index contributed by atoms with van der Waals surface area (Å²) in [6.45, 7) is 0. The summed E-state index contributed by atoms with van der Waals surface area (Å²) in [4.78, 5) is 0. The third kappa shape index (κ3) is 1.95. The number of hydrogen-bond acceptors (Lipinski definition) is 2. The molecule has 0 radical (unpaired) electrons. The molecule has 1 aromatic carbocycles. The molecule has 0 N–H and O–H groups in total. The molecule has 0 bridgehead atoms. The van der Waals surface area contributed by atoms with Crippen LogP contribution in [-0.4, -0.2) is 26.2 Å². The topological polar surface area (TPSA) is 6.48 Å². The molecule has 1 rings (SSSR count). The first kappa shape index (κ1) is 8.08. The van der Waals surface area contributed by atoms with Gasteiger partial charge in [0.05, 0.1) is 5.69 Å². The lowest BCUT2D eigenvalue weighted by atomic mass is 10.3. The van der Waals surface area contributed by atoms with Gasteiger partial charge in [0.25, 0.3) is 0 Å². The van der Waals surface area contributed by atoms with Crippen molar-refractivity contribution in [2.75, 3.05) is 26.2 Å². The van der Waals surface area contributed by atoms with Crippen molar-refractivity contribution in [3.8, 4) is 0 Å². The largest absolute Gasteiger partial charge is 0.309 e. The number of hydrazine groups is 1. The van der Waals surface area contributed by atoms with E-state index in [1.807, 2.05) is 44.4 Å². The van der Waals surface area contributed by atoms with Crippen LogP contribution in [0.5, 0.6) is 0 Å². The van der Waals surface area contributed by atoms with Gasteiger partial charge in [0.1, 0.15) is 0 Å². The van der Waals surface area contributed by atoms with Gasteiger partial charge in [0.15, 0.2) is 0 Å². The number of rotatable bonds is 2. The molecule has 0 aromatic heterocycles. The number of benzene rings is 1. The Hall–Kier alpha value is -1.02. The summed E-state index contributed by atoms with van der Waals surface area (Å²) in [7, 11) is 6.08. The van der Waals surface area contributed by atoms with Gasteiger partial charge in [-0.2, -0.15) is 0 Å². The molecule has 0 fully saturated rings. The summed E-state index contributed by atoms with van der Waals surface area (Å²) in [5.74, 6) is 0. The number of nitrogens with zero attached hydrogens (tertiary/aromatic N) is 2. The molecule has 0 atom stereocenters. The lowest BCUT2D eigenvalue weighted by molar-refractivity contribution is 0.397. The molecule has 0 aliphatic carbocycles. The van der Waals surface area contributed by atoms with Gasteiger partial charge in [0, 0.05) is 21.1 Å². The molecule has 0 heterocycles. The first-order chi connectivity index (χ1) is 5.22. The SMILES string of the molecule is CN(C)N(C)c1ccccc1. The molecule has 2 nitrogen and oxygen atoms in total. The molecule has 0 aliphatic rings. The zero-order valence-corrected chi connectivity index (χ0v) is 7.28. The van der Waals surface area contributed by atoms with Crippen LogP contribution in [-0.2, 0) is 0 Å². The van der Waals surface area contributed by atoms with Gasteiger partial charge in [-0.25, -0.2) is 5.01 Å². The minimum Gasteiger partial charge on any atom is -0.309 e. The van der Waals surface area contributed by atoms with Crippen molar-refractivity contribution in [1.29, 1.82) is 0 Å². The minimum absolute atomic E-state index is 1.21. The summed E-state index contributed by atoms with van der Waals surface area (Å²) in [5, 5.41) is 4.12. The Labute approximate surface area is 68.0 Å². The van der Waals surface area contributed by atoms with E-state index in [-0.39, 0.29) is 0 Å². The van der Waals surface area contributed by atoms with E-state index in [2.05, 4.69) is 17.1 Å². The maximum Gasteiger partial charge on any atom is 0.0518 e. The standard InChI is InChI=1S/C9H14N2/c1-10(2)11(3)9-7-5-4-6-8-9/h4-8H,1-3H3. The fourth-order valence-corrected chi connectivity index (χ4v) is 0.875. The van der Waals surface area contributed by atoms with Gasteiger partial charge in [-0.1, -0.05) is 18.2 Å². The van der Waals surface area contributed by atoms with Crippen molar-refractivity contribution in [2.24, 2.45) is 0 Å². The van der Waals surface area contributed by atoms with Crippen LogP contribution in [0.2, 0.25) is 0 Å². The van der Waals surface area contributed by atoms with Crippen molar-refractivity contribution >= 4 is 5.69 Å². The van der Waals surface area contributed by atoms with Gasteiger partial charge in [-0.05, 0) is 12.1 Å². The number of anilines is 1. The Balaban J connectivity index is 2.77. The molecular weight excluding hydrogens is 136 g/mol. The summed E-state index contributed by atoms with van der Waals surface area (Å²) < 4.78 is 0. The second-order valence-electron chi connectivity index (χ2n) is 2.71. The van der Waals surface area contributed by atoms with Crippen LogP contribution >= 0.6 is 0 Å². The molecule has 60 valence electrons. The van der Waals surface area contributed by atoms with Crippen LogP contribution in [0.25, 0.3) is 0 Å². The predicted molar refractivity (Wildman–Crippen MR) is 48.5 cm³/mol. The molecule has 0 spiro atoms. The van der Waals surface area contributed by atoms with Crippen LogP contribution in [0, 0.1) is 0 Å². The average Bonchev–Trinajstić information content (AvgIpc) is 2.05. The highest BCUT2D eigenvalue weighted by Gasteiger charge is 1.99. The van der Waals surface area contributed by atoms with E-state index in [1.165, 1.54) is 5.69 Å². The lowest BCUT2D eigenvalue weighted by Gasteiger charge is -2.26. The number of para-hydroxylation sites is 1. The van der Waals surface area contributed by atoms with Crippen LogP contribution in [0.3, 0.4) is 0 Å². The summed E-state index contributed by atoms with van der Waals surface area (Å²) >= 11 is 0. The zero-order chi connectivity index (χ0) is 8.27. The van der Waals surface area contributed by atoms with Crippen LogP contribution < -0.4 is 5.01 Å². The molecule has 1 aromatic rings. The fraction of sp³-hybridized carbons (Fsp3) is 0.333. The van der Waals surface area contributed by atoms with Crippen molar-refractivity contribution in [1.82, 2.24) is 5.01 Å². The van der Waals surface area contributed by atoms with E-state index in [9.17, 15) is 0 Å². The third-order valence-electron chi connectivity index (χ3n) is 1.73. The Morgan fingerprint density at radius 2 is 1.45 bits per heavy atom. The summed E-state index contributed by atoms with van der Waals surface area (Å²) in [6.07, 6.45) is 0. The van der Waals surface area contributed by atoms with Crippen molar-refractivity contribution in [2.45, 2.75) is 0 Å². The Morgan fingerprint density at radius 3 is 1.91 bits per heavy atom. The van der Waals surface area contributed by atoms with E-state index in [0.717, 1.165) is 0 Å². The van der Waals surface area contributed by atoms with Gasteiger partial charge >= 0.3 is 0 Å². The molecule has 0 amide bonds. The monoisotopic (exact) mass is 150 g/mol. The highest BCUT2D eigenvalue weighted by Crippen LogP contribution is 2.10. The molecule has 2 heteroatoms. The smallest absolute Gasteiger partial charge is 0.0518 e. The first-order valence-electron chi connectivity index (χ1n) is 3.68. The van der Waals surface area contributed by atoms with E-state index < -0.39 is 0 Å². The van der Waals surface area contributed by atoms with Crippen LogP contribution in [0.1, 0.15) is 0 Å². The number of hydrogen-bond donors (Lipinski definition) is 0. The lowest BCUT2D eigenvalue weighted by Crippen LogP contribution is -2.32. The van der Waals surface area contributed by atoms with Crippen LogP contribution in [0.15, 0.2) is 30.3 Å². The van der Waals surface area contributed by atoms with Gasteiger partial charge in [-0.15, -0.1) is 0 Å². The molecule has 0 saturated heterocycles. The molecule has 11 heavy (non-hydrogen) atoms. The zero-order valence-electron chi connectivity index (χ0n) is 7.28. The molecule has 0 saturated carbocycles. The van der Waals surface area contributed by atoms with Gasteiger partial charge in [-0.3, -0.25) is 0 Å². The molecular formula is C9H14N2. The van der Waals surface area contributed by atoms with E-state index >= 15 is 0 Å². The molecule has 0 aliphatic heterocycles. The first-order valence-corrected chi connectivity index (χ1v) is 3.68. The predicted octanol–water partition coefficient (Wildman–Crippen LogP) is 1.60. The summed E-state index contributed by atoms with van der Waals surface area (Å²) in [5.41, 5.74) is 1.21. The van der Waals surface area contributed by atoms with E-state index in [0.29, 0.717) is 0 Å². The van der Waals surface area contributed by atoms with E-state index in [4.69, 9.17) is 0 Å².